The van der Waals surface area contributed by atoms with E-state index in [1.165, 1.54) is 17.9 Å². The number of sulfonamides is 1. The van der Waals surface area contributed by atoms with Crippen LogP contribution < -0.4 is 4.89 Å². The van der Waals surface area contributed by atoms with Crippen molar-refractivity contribution in [1.82, 2.24) is 4.89 Å². The molecule has 19 heavy (non-hydrogen) atoms. The summed E-state index contributed by atoms with van der Waals surface area (Å²) in [4.78, 5) is 4.97. The van der Waals surface area contributed by atoms with Gasteiger partial charge in [-0.2, -0.15) is 18.4 Å². The molecule has 1 aromatic rings. The number of hydrogen-bond donors (Lipinski definition) is 1. The fourth-order valence-electron chi connectivity index (χ4n) is 1.17. The van der Waals surface area contributed by atoms with Gasteiger partial charge in [0.15, 0.2) is 6.61 Å². The molecule has 0 bridgehead atoms. The van der Waals surface area contributed by atoms with Crippen molar-refractivity contribution in [3.63, 3.8) is 0 Å². The Hall–Kier alpha value is -1.63. The van der Waals surface area contributed by atoms with E-state index in [2.05, 4.69) is 4.84 Å². The van der Waals surface area contributed by atoms with Crippen molar-refractivity contribution in [3.8, 4) is 6.07 Å². The molecule has 1 N–H and O–H groups in total. The average molecular weight is 294 g/mol. The summed E-state index contributed by atoms with van der Waals surface area (Å²) >= 11 is 0. The van der Waals surface area contributed by atoms with Gasteiger partial charge in [-0.1, -0.05) is 4.89 Å². The van der Waals surface area contributed by atoms with Crippen LogP contribution in [0, 0.1) is 18.3 Å². The lowest BCUT2D eigenvalue weighted by molar-refractivity contribution is -0.181. The molecule has 0 fully saturated rings. The highest BCUT2D eigenvalue weighted by Crippen LogP contribution is 2.16. The highest BCUT2D eigenvalue weighted by Gasteiger charge is 2.29. The summed E-state index contributed by atoms with van der Waals surface area (Å²) in [6.07, 6.45) is -4.64. The van der Waals surface area contributed by atoms with Gasteiger partial charge in [0, 0.05) is 0 Å². The van der Waals surface area contributed by atoms with Gasteiger partial charge in [-0.15, -0.1) is 0 Å². The molecule has 0 aromatic heterocycles. The minimum absolute atomic E-state index is 0.273. The summed E-state index contributed by atoms with van der Waals surface area (Å²) in [6, 6.07) is 5.37. The van der Waals surface area contributed by atoms with E-state index in [0.717, 1.165) is 12.1 Å². The molecular weight excluding hydrogens is 285 g/mol. The summed E-state index contributed by atoms with van der Waals surface area (Å²) in [6.45, 7) is -0.227. The molecule has 0 saturated heterocycles. The Morgan fingerprint density at radius 2 is 2.05 bits per heavy atom. The molecule has 1 aromatic carbocycles. The van der Waals surface area contributed by atoms with Gasteiger partial charge in [0.1, 0.15) is 0 Å². The summed E-state index contributed by atoms with van der Waals surface area (Å²) in [7, 11) is -4.21. The zero-order valence-electron chi connectivity index (χ0n) is 9.65. The predicted octanol–water partition coefficient (Wildman–Crippen LogP) is 1.64. The molecule has 0 spiro atoms. The van der Waals surface area contributed by atoms with Crippen LogP contribution in [0.2, 0.25) is 0 Å². The molecule has 0 aliphatic carbocycles. The Bertz CT molecular complexity index is 605. The van der Waals surface area contributed by atoms with Gasteiger partial charge in [-0.05, 0) is 30.7 Å². The SMILES string of the molecule is Cc1cc(S(=O)(=O)NOCC(F)(F)F)ccc1C#N. The first-order chi connectivity index (χ1) is 8.65. The largest absolute Gasteiger partial charge is 0.413 e. The van der Waals surface area contributed by atoms with Crippen molar-refractivity contribution in [3.05, 3.63) is 29.3 Å². The van der Waals surface area contributed by atoms with Gasteiger partial charge in [-0.3, -0.25) is 4.84 Å². The first kappa shape index (κ1) is 15.4. The number of nitriles is 1. The van der Waals surface area contributed by atoms with Crippen LogP contribution >= 0.6 is 0 Å². The van der Waals surface area contributed by atoms with Gasteiger partial charge in [0.05, 0.1) is 16.5 Å². The van der Waals surface area contributed by atoms with Gasteiger partial charge in [-0.25, -0.2) is 8.42 Å². The number of nitrogens with one attached hydrogen (secondary N) is 1. The lowest BCUT2D eigenvalue weighted by atomic mass is 10.1. The minimum Gasteiger partial charge on any atom is -0.277 e. The lowest BCUT2D eigenvalue weighted by Crippen LogP contribution is -2.29. The fourth-order valence-corrected chi connectivity index (χ4v) is 2.06. The monoisotopic (exact) mass is 294 g/mol. The Kier molecular flexibility index (Phi) is 4.52. The number of benzene rings is 1. The van der Waals surface area contributed by atoms with Crippen LogP contribution in [0.1, 0.15) is 11.1 Å². The first-order valence-corrected chi connectivity index (χ1v) is 6.35. The molecule has 0 atom stereocenters. The van der Waals surface area contributed by atoms with Crippen LogP contribution in [0.25, 0.3) is 0 Å². The van der Waals surface area contributed by atoms with Crippen molar-refractivity contribution in [2.75, 3.05) is 6.61 Å². The summed E-state index contributed by atoms with van der Waals surface area (Å²) in [5.74, 6) is 0. The van der Waals surface area contributed by atoms with E-state index in [-0.39, 0.29) is 10.5 Å². The number of hydrogen-bond acceptors (Lipinski definition) is 4. The van der Waals surface area contributed by atoms with Crippen LogP contribution in [0.15, 0.2) is 23.1 Å². The van der Waals surface area contributed by atoms with Crippen molar-refractivity contribution < 1.29 is 26.4 Å². The van der Waals surface area contributed by atoms with E-state index < -0.39 is 22.8 Å². The molecule has 1 rings (SSSR count). The van der Waals surface area contributed by atoms with Crippen molar-refractivity contribution in [1.29, 1.82) is 5.26 Å². The molecule has 5 nitrogen and oxygen atoms in total. The van der Waals surface area contributed by atoms with Gasteiger partial charge in [0.2, 0.25) is 0 Å². The van der Waals surface area contributed by atoms with Crippen LogP contribution in [-0.2, 0) is 14.9 Å². The first-order valence-electron chi connectivity index (χ1n) is 4.87. The predicted molar refractivity (Wildman–Crippen MR) is 58.2 cm³/mol. The van der Waals surface area contributed by atoms with Gasteiger partial charge < -0.3 is 0 Å². The summed E-state index contributed by atoms with van der Waals surface area (Å²) < 4.78 is 58.6. The molecule has 9 heteroatoms. The minimum atomic E-state index is -4.64. The zero-order chi connectivity index (χ0) is 14.7. The molecule has 0 aliphatic heterocycles. The normalized spacial score (nSPS) is 12.2. The molecule has 0 radical (unpaired) electrons. The number of rotatable bonds is 4. The van der Waals surface area contributed by atoms with Crippen molar-refractivity contribution in [2.45, 2.75) is 18.0 Å². The summed E-state index contributed by atoms with van der Waals surface area (Å²) in [5, 5.41) is 8.68. The maximum absolute atomic E-state index is 11.8. The molecule has 0 unspecified atom stereocenters. The maximum Gasteiger partial charge on any atom is 0.413 e. The summed E-state index contributed by atoms with van der Waals surface area (Å²) in [5.41, 5.74) is 0.663. The Balaban J connectivity index is 2.84. The number of nitrogens with zero attached hydrogens (tertiary/aromatic N) is 1. The standard InChI is InChI=1S/C10H9F3N2O3S/c1-7-4-9(3-2-8(7)5-14)19(16,17)15-18-6-10(11,12)13/h2-4,15H,6H2,1H3. The third-order valence-electron chi connectivity index (χ3n) is 2.03. The van der Waals surface area contributed by atoms with E-state index in [0.29, 0.717) is 5.56 Å². The highest BCUT2D eigenvalue weighted by atomic mass is 32.2. The van der Waals surface area contributed by atoms with Crippen molar-refractivity contribution >= 4 is 10.0 Å². The Morgan fingerprint density at radius 3 is 2.53 bits per heavy atom. The average Bonchev–Trinajstić information content (AvgIpc) is 2.26. The number of aryl methyl sites for hydroxylation is 1. The van der Waals surface area contributed by atoms with Crippen molar-refractivity contribution in [2.24, 2.45) is 0 Å². The Labute approximate surface area is 107 Å². The third-order valence-corrected chi connectivity index (χ3v) is 3.24. The smallest absolute Gasteiger partial charge is 0.277 e. The van der Waals surface area contributed by atoms with E-state index in [4.69, 9.17) is 5.26 Å². The van der Waals surface area contributed by atoms with E-state index in [1.807, 2.05) is 6.07 Å². The van der Waals surface area contributed by atoms with Crippen LogP contribution in [-0.4, -0.2) is 21.2 Å². The third kappa shape index (κ3) is 4.51. The van der Waals surface area contributed by atoms with Gasteiger partial charge >= 0.3 is 6.18 Å². The van der Waals surface area contributed by atoms with Gasteiger partial charge in [0.25, 0.3) is 10.0 Å². The second-order valence-corrected chi connectivity index (χ2v) is 5.22. The number of halogens is 3. The van der Waals surface area contributed by atoms with Crippen LogP contribution in [0.3, 0.4) is 0 Å². The molecular formula is C10H9F3N2O3S. The van der Waals surface area contributed by atoms with Crippen LogP contribution in [0.4, 0.5) is 13.2 Å². The van der Waals surface area contributed by atoms with E-state index >= 15 is 0 Å². The quantitative estimate of drug-likeness (QED) is 0.856. The zero-order valence-corrected chi connectivity index (χ0v) is 10.5. The maximum atomic E-state index is 11.8. The lowest BCUT2D eigenvalue weighted by Gasteiger charge is -2.09. The molecule has 0 saturated carbocycles. The molecule has 0 heterocycles. The second kappa shape index (κ2) is 5.56. The van der Waals surface area contributed by atoms with E-state index in [1.54, 1.807) is 0 Å². The second-order valence-electron chi connectivity index (χ2n) is 3.58. The van der Waals surface area contributed by atoms with Crippen LogP contribution in [0.5, 0.6) is 0 Å². The highest BCUT2D eigenvalue weighted by molar-refractivity contribution is 7.89. The fraction of sp³-hybridized carbons (Fsp3) is 0.300. The molecule has 0 aliphatic rings. The number of alkyl halides is 3. The molecule has 0 amide bonds. The van der Waals surface area contributed by atoms with E-state index in [9.17, 15) is 21.6 Å². The molecule has 104 valence electrons. The Morgan fingerprint density at radius 1 is 1.42 bits per heavy atom. The topological polar surface area (TPSA) is 79.2 Å².